The molecule has 280 valence electrons. The number of alkyl halides is 1. The van der Waals surface area contributed by atoms with Gasteiger partial charge >= 0.3 is 11.9 Å². The van der Waals surface area contributed by atoms with Crippen LogP contribution in [0.1, 0.15) is 162 Å². The fourth-order valence-electron chi connectivity index (χ4n) is 5.10. The molecule has 0 aromatic carbocycles. The van der Waals surface area contributed by atoms with E-state index < -0.39 is 38.6 Å². The fourth-order valence-corrected chi connectivity index (χ4v) is 5.83. The molecular weight excluding hydrogens is 624 g/mol. The van der Waals surface area contributed by atoms with Crippen molar-refractivity contribution in [1.29, 1.82) is 0 Å². The maximum Gasteiger partial charge on any atom is 0.306 e. The molecule has 2 unspecified atom stereocenters. The summed E-state index contributed by atoms with van der Waals surface area (Å²) in [5, 5.41) is 0. The standard InChI is InChI=1S/C36H71FNO8P/c1-6-8-10-11-12-13-14-15-16-20-23-27-35(39)43-31-34(32-45-47(41,42)44-30-29-38(3,4)5)46-36(40)28-24-21-18-17-19-22-26-33(37)25-9-7-2/h33-34H,6-32H2,1-5H3/t33?,34-/m1/s1. The van der Waals surface area contributed by atoms with Crippen molar-refractivity contribution >= 4 is 19.8 Å². The zero-order valence-corrected chi connectivity index (χ0v) is 31.7. The molecule has 0 fully saturated rings. The van der Waals surface area contributed by atoms with Crippen molar-refractivity contribution < 1.29 is 46.4 Å². The van der Waals surface area contributed by atoms with Crippen molar-refractivity contribution in [2.24, 2.45) is 0 Å². The SMILES string of the molecule is CCCCCCCCCCCCCC(=O)OC[C@H](COP(=O)([O-])OCC[N+](C)(C)C)OC(=O)CCCCCCCCC(F)CCCC. The Morgan fingerprint density at radius 1 is 0.660 bits per heavy atom. The van der Waals surface area contributed by atoms with Crippen LogP contribution in [0.15, 0.2) is 0 Å². The number of quaternary nitrogens is 1. The molecule has 9 nitrogen and oxygen atoms in total. The van der Waals surface area contributed by atoms with Gasteiger partial charge in [-0.25, -0.2) is 4.39 Å². The van der Waals surface area contributed by atoms with Gasteiger partial charge in [-0.2, -0.15) is 0 Å². The number of esters is 2. The van der Waals surface area contributed by atoms with E-state index in [0.29, 0.717) is 30.3 Å². The number of hydrogen-bond donors (Lipinski definition) is 0. The van der Waals surface area contributed by atoms with Crippen LogP contribution in [0.4, 0.5) is 4.39 Å². The van der Waals surface area contributed by atoms with Crippen molar-refractivity contribution in [2.75, 3.05) is 47.5 Å². The fraction of sp³-hybridized carbons (Fsp3) is 0.944. The molecular formula is C36H71FNO8P. The Hall–Kier alpha value is -1.06. The lowest BCUT2D eigenvalue weighted by Crippen LogP contribution is -2.37. The summed E-state index contributed by atoms with van der Waals surface area (Å²) in [6.45, 7) is 3.94. The summed E-state index contributed by atoms with van der Waals surface area (Å²) in [7, 11) is 1.11. The Kier molecular flexibility index (Phi) is 29.1. The molecule has 0 bridgehead atoms. The minimum Gasteiger partial charge on any atom is -0.756 e. The van der Waals surface area contributed by atoms with E-state index in [4.69, 9.17) is 18.5 Å². The second-order valence-corrected chi connectivity index (χ2v) is 15.5. The zero-order valence-electron chi connectivity index (χ0n) is 30.8. The Bertz CT molecular complexity index is 810. The van der Waals surface area contributed by atoms with Crippen LogP contribution in [-0.4, -0.2) is 76.2 Å². The summed E-state index contributed by atoms with van der Waals surface area (Å²) >= 11 is 0. The average molecular weight is 696 g/mol. The number of ether oxygens (including phenoxy) is 2. The zero-order chi connectivity index (χ0) is 35.2. The van der Waals surface area contributed by atoms with Crippen LogP contribution in [0, 0.1) is 0 Å². The normalized spacial score (nSPS) is 14.4. The third-order valence-electron chi connectivity index (χ3n) is 8.16. The van der Waals surface area contributed by atoms with Crippen LogP contribution in [0.3, 0.4) is 0 Å². The highest BCUT2D eigenvalue weighted by Gasteiger charge is 2.21. The number of carbonyl (C=O) groups is 2. The van der Waals surface area contributed by atoms with E-state index in [1.54, 1.807) is 0 Å². The molecule has 0 saturated carbocycles. The number of rotatable bonds is 34. The summed E-state index contributed by atoms with van der Waals surface area (Å²) in [4.78, 5) is 37.2. The summed E-state index contributed by atoms with van der Waals surface area (Å²) in [5.74, 6) is -0.904. The number of hydrogen-bond acceptors (Lipinski definition) is 8. The van der Waals surface area contributed by atoms with Gasteiger partial charge in [0.05, 0.1) is 27.7 Å². The van der Waals surface area contributed by atoms with Gasteiger partial charge in [-0.3, -0.25) is 14.2 Å². The molecule has 0 radical (unpaired) electrons. The average Bonchev–Trinajstić information content (AvgIpc) is 3.00. The second kappa shape index (κ2) is 29.8. The van der Waals surface area contributed by atoms with Gasteiger partial charge in [0, 0.05) is 12.8 Å². The van der Waals surface area contributed by atoms with Crippen molar-refractivity contribution in [3.63, 3.8) is 0 Å². The van der Waals surface area contributed by atoms with Gasteiger partial charge in [0.1, 0.15) is 25.9 Å². The monoisotopic (exact) mass is 695 g/mol. The summed E-state index contributed by atoms with van der Waals surface area (Å²) in [6, 6.07) is 0. The van der Waals surface area contributed by atoms with Gasteiger partial charge < -0.3 is 27.9 Å². The van der Waals surface area contributed by atoms with Crippen molar-refractivity contribution in [2.45, 2.75) is 174 Å². The van der Waals surface area contributed by atoms with E-state index in [-0.39, 0.29) is 26.1 Å². The van der Waals surface area contributed by atoms with Gasteiger partial charge in [0.2, 0.25) is 0 Å². The minimum absolute atomic E-state index is 0.0457. The predicted octanol–water partition coefficient (Wildman–Crippen LogP) is 9.00. The number of likely N-dealkylation sites (N-methyl/N-ethyl adjacent to an activating group) is 1. The summed E-state index contributed by atoms with van der Waals surface area (Å²) < 4.78 is 47.3. The Labute approximate surface area is 287 Å². The van der Waals surface area contributed by atoms with Crippen molar-refractivity contribution in [3.8, 4) is 0 Å². The first-order chi connectivity index (χ1) is 22.4. The lowest BCUT2D eigenvalue weighted by molar-refractivity contribution is -0.870. The molecule has 0 heterocycles. The first-order valence-corrected chi connectivity index (χ1v) is 20.2. The highest BCUT2D eigenvalue weighted by Crippen LogP contribution is 2.38. The van der Waals surface area contributed by atoms with Crippen molar-refractivity contribution in [1.82, 2.24) is 0 Å². The van der Waals surface area contributed by atoms with Gasteiger partial charge in [-0.05, 0) is 25.7 Å². The molecule has 0 aromatic heterocycles. The minimum atomic E-state index is -4.63. The van der Waals surface area contributed by atoms with Crippen LogP contribution in [0.25, 0.3) is 0 Å². The maximum absolute atomic E-state index is 13.8. The Morgan fingerprint density at radius 3 is 1.66 bits per heavy atom. The number of phosphoric ester groups is 1. The Balaban J connectivity index is 4.47. The lowest BCUT2D eigenvalue weighted by atomic mass is 10.0. The molecule has 0 saturated heterocycles. The third kappa shape index (κ3) is 33.2. The van der Waals surface area contributed by atoms with Crippen LogP contribution in [0.5, 0.6) is 0 Å². The van der Waals surface area contributed by atoms with E-state index in [0.717, 1.165) is 64.2 Å². The molecule has 11 heteroatoms. The molecule has 0 aliphatic heterocycles. The van der Waals surface area contributed by atoms with E-state index >= 15 is 0 Å². The van der Waals surface area contributed by atoms with Gasteiger partial charge in [-0.15, -0.1) is 0 Å². The smallest absolute Gasteiger partial charge is 0.306 e. The number of nitrogens with zero attached hydrogens (tertiary/aromatic N) is 1. The Morgan fingerprint density at radius 2 is 1.13 bits per heavy atom. The van der Waals surface area contributed by atoms with E-state index in [2.05, 4.69) is 13.8 Å². The molecule has 0 amide bonds. The number of unbranched alkanes of at least 4 members (excludes halogenated alkanes) is 16. The van der Waals surface area contributed by atoms with E-state index in [1.165, 1.54) is 51.4 Å². The third-order valence-corrected chi connectivity index (χ3v) is 9.13. The van der Waals surface area contributed by atoms with Gasteiger partial charge in [-0.1, -0.05) is 123 Å². The quantitative estimate of drug-likeness (QED) is 0.0284. The molecule has 0 aliphatic carbocycles. The largest absolute Gasteiger partial charge is 0.756 e. The van der Waals surface area contributed by atoms with Crippen LogP contribution < -0.4 is 4.89 Å². The number of carbonyl (C=O) groups excluding carboxylic acids is 2. The molecule has 0 N–H and O–H groups in total. The maximum atomic E-state index is 13.8. The molecule has 0 rings (SSSR count). The van der Waals surface area contributed by atoms with Crippen LogP contribution in [0.2, 0.25) is 0 Å². The first-order valence-electron chi connectivity index (χ1n) is 18.8. The molecule has 0 spiro atoms. The van der Waals surface area contributed by atoms with Crippen LogP contribution in [-0.2, 0) is 32.7 Å². The van der Waals surface area contributed by atoms with Gasteiger partial charge in [0.25, 0.3) is 7.82 Å². The van der Waals surface area contributed by atoms with E-state index in [1.807, 2.05) is 21.1 Å². The van der Waals surface area contributed by atoms with E-state index in [9.17, 15) is 23.4 Å². The molecule has 3 atom stereocenters. The first kappa shape index (κ1) is 45.9. The summed E-state index contributed by atoms with van der Waals surface area (Å²) in [6.07, 6.45) is 20.1. The second-order valence-electron chi connectivity index (χ2n) is 14.1. The number of halogens is 1. The predicted molar refractivity (Wildman–Crippen MR) is 186 cm³/mol. The highest BCUT2D eigenvalue weighted by molar-refractivity contribution is 7.45. The highest BCUT2D eigenvalue weighted by atomic mass is 31.2. The van der Waals surface area contributed by atoms with Crippen molar-refractivity contribution in [3.05, 3.63) is 0 Å². The summed E-state index contributed by atoms with van der Waals surface area (Å²) in [5.41, 5.74) is 0. The molecule has 47 heavy (non-hydrogen) atoms. The van der Waals surface area contributed by atoms with Gasteiger partial charge in [0.15, 0.2) is 6.10 Å². The lowest BCUT2D eigenvalue weighted by Gasteiger charge is -2.28. The number of phosphoric acid groups is 1. The van der Waals surface area contributed by atoms with Crippen LogP contribution >= 0.6 is 7.82 Å². The molecule has 0 aliphatic rings. The molecule has 0 aromatic rings. The topological polar surface area (TPSA) is 111 Å².